The second kappa shape index (κ2) is 7.83. The first-order chi connectivity index (χ1) is 14.0. The molecule has 1 aromatic heterocycles. The van der Waals surface area contributed by atoms with Gasteiger partial charge in [-0.3, -0.25) is 9.69 Å². The predicted molar refractivity (Wildman–Crippen MR) is 111 cm³/mol. The minimum atomic E-state index is -1.24. The van der Waals surface area contributed by atoms with E-state index in [0.717, 1.165) is 25.7 Å². The number of amides is 1. The minimum absolute atomic E-state index is 0.0815. The predicted octanol–water partition coefficient (Wildman–Crippen LogP) is 3.04. The number of rotatable bonds is 4. The molecule has 1 amide bonds. The molecule has 2 heterocycles. The number of carboxylic acid groups (broad SMARTS) is 1. The summed E-state index contributed by atoms with van der Waals surface area (Å²) in [6.45, 7) is 0. The molecule has 1 saturated heterocycles. The number of benzene rings is 1. The lowest BCUT2D eigenvalue weighted by Crippen LogP contribution is -2.41. The number of carboxylic acids is 1. The van der Waals surface area contributed by atoms with Gasteiger partial charge in [-0.05, 0) is 48.8 Å². The molecule has 1 saturated carbocycles. The fourth-order valence-corrected chi connectivity index (χ4v) is 4.29. The summed E-state index contributed by atoms with van der Waals surface area (Å²) < 4.78 is 5.85. The molecule has 29 heavy (non-hydrogen) atoms. The number of thiocarbonyl (C=S) groups is 1. The van der Waals surface area contributed by atoms with Crippen LogP contribution in [0.2, 0.25) is 0 Å². The Morgan fingerprint density at radius 2 is 1.97 bits per heavy atom. The second-order valence-electron chi connectivity index (χ2n) is 7.41. The minimum Gasteiger partial charge on any atom is -0.545 e. The molecule has 1 aliphatic carbocycles. The van der Waals surface area contributed by atoms with E-state index in [1.807, 2.05) is 0 Å². The van der Waals surface area contributed by atoms with Gasteiger partial charge < -0.3 is 19.2 Å². The molecule has 0 N–H and O–H groups in total. The molecule has 0 atom stereocenters. The van der Waals surface area contributed by atoms with Gasteiger partial charge >= 0.3 is 0 Å². The van der Waals surface area contributed by atoms with Crippen LogP contribution < -0.4 is 5.11 Å². The summed E-state index contributed by atoms with van der Waals surface area (Å²) >= 11 is 5.53. The molecule has 7 heteroatoms. The number of aromatic carboxylic acids is 1. The van der Waals surface area contributed by atoms with Crippen molar-refractivity contribution in [2.45, 2.75) is 38.1 Å². The van der Waals surface area contributed by atoms with Crippen molar-refractivity contribution >= 4 is 35.3 Å². The van der Waals surface area contributed by atoms with Crippen LogP contribution in [0.1, 0.15) is 48.2 Å². The Morgan fingerprint density at radius 3 is 2.69 bits per heavy atom. The van der Waals surface area contributed by atoms with Gasteiger partial charge in [-0.15, -0.1) is 0 Å². The molecule has 150 valence electrons. The molecule has 2 fully saturated rings. The molecular weight excluding hydrogens is 388 g/mol. The molecular formula is C22H21N2O4S-. The Bertz CT molecular complexity index is 1000. The zero-order valence-electron chi connectivity index (χ0n) is 16.1. The van der Waals surface area contributed by atoms with E-state index in [1.165, 1.54) is 18.6 Å². The van der Waals surface area contributed by atoms with E-state index in [1.54, 1.807) is 47.2 Å². The van der Waals surface area contributed by atoms with E-state index in [2.05, 4.69) is 0 Å². The van der Waals surface area contributed by atoms with Crippen LogP contribution >= 0.6 is 12.2 Å². The number of likely N-dealkylation sites (N-methyl/N-ethyl adjacent to an activating group) is 1. The fraction of sp³-hybridized carbons (Fsp3) is 0.318. The summed E-state index contributed by atoms with van der Waals surface area (Å²) in [7, 11) is 1.79. The van der Waals surface area contributed by atoms with Gasteiger partial charge in [0.2, 0.25) is 0 Å². The van der Waals surface area contributed by atoms with Crippen molar-refractivity contribution in [1.82, 2.24) is 9.80 Å². The Kier molecular flexibility index (Phi) is 5.24. The average molecular weight is 409 g/mol. The van der Waals surface area contributed by atoms with Crippen molar-refractivity contribution < 1.29 is 19.1 Å². The van der Waals surface area contributed by atoms with Gasteiger partial charge in [-0.25, -0.2) is 0 Å². The monoisotopic (exact) mass is 409 g/mol. The number of hydrogen-bond donors (Lipinski definition) is 0. The van der Waals surface area contributed by atoms with E-state index in [4.69, 9.17) is 16.6 Å². The van der Waals surface area contributed by atoms with Crippen molar-refractivity contribution in [2.24, 2.45) is 0 Å². The largest absolute Gasteiger partial charge is 0.545 e. The van der Waals surface area contributed by atoms with Crippen molar-refractivity contribution in [3.63, 3.8) is 0 Å². The lowest BCUT2D eigenvalue weighted by Gasteiger charge is -2.30. The van der Waals surface area contributed by atoms with E-state index >= 15 is 0 Å². The molecule has 0 spiro atoms. The van der Waals surface area contributed by atoms with Gasteiger partial charge in [0.25, 0.3) is 5.91 Å². The van der Waals surface area contributed by atoms with Gasteiger partial charge in [0.1, 0.15) is 17.2 Å². The highest BCUT2D eigenvalue weighted by atomic mass is 32.1. The third-order valence-corrected chi connectivity index (χ3v) is 5.99. The van der Waals surface area contributed by atoms with Gasteiger partial charge in [-0.1, -0.05) is 37.5 Å². The molecule has 2 aromatic rings. The Hall–Kier alpha value is -2.93. The highest BCUT2D eigenvalue weighted by molar-refractivity contribution is 7.80. The summed E-state index contributed by atoms with van der Waals surface area (Å²) in [6.07, 6.45) is 7.08. The maximum Gasteiger partial charge on any atom is 0.277 e. The maximum atomic E-state index is 13.0. The van der Waals surface area contributed by atoms with Gasteiger partial charge in [-0.2, -0.15) is 0 Å². The molecule has 2 aliphatic rings. The van der Waals surface area contributed by atoms with Crippen LogP contribution in [-0.4, -0.2) is 39.9 Å². The van der Waals surface area contributed by atoms with Crippen molar-refractivity contribution in [3.05, 3.63) is 53.4 Å². The standard InChI is InChI=1S/C22H22N2O4S/c1-23-18(20(25)24(22(23)29)16-8-3-2-4-9-16)13-17-10-11-19(28-17)14-6-5-7-15(12-14)21(26)27/h5-7,10-13,16H,2-4,8-9H2,1H3,(H,26,27)/p-1. The number of nitrogens with zero attached hydrogens (tertiary/aromatic N) is 2. The molecule has 1 aromatic carbocycles. The zero-order chi connectivity index (χ0) is 20.5. The summed E-state index contributed by atoms with van der Waals surface area (Å²) in [5.41, 5.74) is 1.18. The SMILES string of the molecule is CN1C(=S)N(C2CCCCC2)C(=O)C1=Cc1ccc(-c2cccc(C(=O)[O-])c2)o1. The Morgan fingerprint density at radius 1 is 1.21 bits per heavy atom. The third-order valence-electron chi connectivity index (χ3n) is 5.52. The first-order valence-corrected chi connectivity index (χ1v) is 10.1. The lowest BCUT2D eigenvalue weighted by molar-refractivity contribution is -0.255. The number of hydrogen-bond acceptors (Lipinski definition) is 5. The van der Waals surface area contributed by atoms with E-state index in [9.17, 15) is 14.7 Å². The first-order valence-electron chi connectivity index (χ1n) is 9.70. The van der Waals surface area contributed by atoms with Crippen LogP contribution in [0.3, 0.4) is 0 Å². The summed E-state index contributed by atoms with van der Waals surface area (Å²) in [4.78, 5) is 27.6. The van der Waals surface area contributed by atoms with Gasteiger partial charge in [0.05, 0.1) is 5.97 Å². The third kappa shape index (κ3) is 3.70. The summed E-state index contributed by atoms with van der Waals surface area (Å²) in [6, 6.07) is 10.0. The molecule has 4 rings (SSSR count). The maximum absolute atomic E-state index is 13.0. The average Bonchev–Trinajstić information content (AvgIpc) is 3.28. The number of carbonyl (C=O) groups is 2. The highest BCUT2D eigenvalue weighted by Gasteiger charge is 2.40. The quantitative estimate of drug-likeness (QED) is 0.571. The lowest BCUT2D eigenvalue weighted by atomic mass is 9.94. The smallest absolute Gasteiger partial charge is 0.277 e. The molecule has 6 nitrogen and oxygen atoms in total. The van der Waals surface area contributed by atoms with Crippen molar-refractivity contribution in [1.29, 1.82) is 0 Å². The van der Waals surface area contributed by atoms with Crippen molar-refractivity contribution in [2.75, 3.05) is 7.05 Å². The Balaban J connectivity index is 1.60. The molecule has 0 bridgehead atoms. The van der Waals surface area contributed by atoms with Crippen LogP contribution in [0.25, 0.3) is 17.4 Å². The summed E-state index contributed by atoms with van der Waals surface area (Å²) in [5, 5.41) is 11.6. The fourth-order valence-electron chi connectivity index (χ4n) is 3.96. The summed E-state index contributed by atoms with van der Waals surface area (Å²) in [5.74, 6) is -0.321. The van der Waals surface area contributed by atoms with E-state index in [-0.39, 0.29) is 17.5 Å². The molecule has 0 unspecified atom stereocenters. The molecule has 0 radical (unpaired) electrons. The van der Waals surface area contributed by atoms with Crippen LogP contribution in [0.5, 0.6) is 0 Å². The van der Waals surface area contributed by atoms with Crippen LogP contribution in [0.4, 0.5) is 0 Å². The first kappa shape index (κ1) is 19.4. The number of carbonyl (C=O) groups excluding carboxylic acids is 2. The molecule has 1 aliphatic heterocycles. The Labute approximate surface area is 174 Å². The zero-order valence-corrected chi connectivity index (χ0v) is 16.9. The highest BCUT2D eigenvalue weighted by Crippen LogP contribution is 2.31. The van der Waals surface area contributed by atoms with Crippen LogP contribution in [0.15, 0.2) is 46.5 Å². The second-order valence-corrected chi connectivity index (χ2v) is 7.77. The van der Waals surface area contributed by atoms with E-state index < -0.39 is 5.97 Å². The van der Waals surface area contributed by atoms with E-state index in [0.29, 0.717) is 27.9 Å². The van der Waals surface area contributed by atoms with Gasteiger partial charge in [0, 0.05) is 24.7 Å². The normalized spacial score (nSPS) is 19.4. The number of furan rings is 1. The van der Waals surface area contributed by atoms with Crippen LogP contribution in [0, 0.1) is 0 Å². The van der Waals surface area contributed by atoms with Crippen molar-refractivity contribution in [3.8, 4) is 11.3 Å². The topological polar surface area (TPSA) is 76.8 Å². The van der Waals surface area contributed by atoms with Crippen LogP contribution in [-0.2, 0) is 4.79 Å². The van der Waals surface area contributed by atoms with Gasteiger partial charge in [0.15, 0.2) is 5.11 Å².